The van der Waals surface area contributed by atoms with Crippen molar-refractivity contribution in [1.29, 1.82) is 0 Å². The van der Waals surface area contributed by atoms with E-state index in [2.05, 4.69) is 38.3 Å². The molecule has 10 heteroatoms. The molecule has 4 N–H and O–H groups in total. The van der Waals surface area contributed by atoms with Crippen LogP contribution in [-0.4, -0.2) is 46.9 Å². The van der Waals surface area contributed by atoms with E-state index in [0.717, 1.165) is 24.3 Å². The molecule has 0 saturated heterocycles. The van der Waals surface area contributed by atoms with Crippen LogP contribution in [0.25, 0.3) is 5.65 Å². The van der Waals surface area contributed by atoms with Crippen LogP contribution in [0.2, 0.25) is 0 Å². The van der Waals surface area contributed by atoms with Crippen molar-refractivity contribution in [2.75, 3.05) is 36.2 Å². The zero-order chi connectivity index (χ0) is 21.4. The Balaban J connectivity index is 1.42. The number of anilines is 4. The molecule has 3 aromatic rings. The summed E-state index contributed by atoms with van der Waals surface area (Å²) in [6.07, 6.45) is 3.61. The molecule has 0 radical (unpaired) electrons. The molecule has 2 amide bonds. The molecule has 1 aliphatic heterocycles. The Hall–Kier alpha value is -3.69. The summed E-state index contributed by atoms with van der Waals surface area (Å²) in [5, 5.41) is 16.6. The fraction of sp³-hybridized carbons (Fsp3) is 0.381. The lowest BCUT2D eigenvalue weighted by Crippen LogP contribution is -2.45. The molecule has 31 heavy (non-hydrogen) atoms. The first kappa shape index (κ1) is 19.3. The third kappa shape index (κ3) is 3.76. The Bertz CT molecular complexity index is 1120. The van der Waals surface area contributed by atoms with Crippen LogP contribution >= 0.6 is 0 Å². The van der Waals surface area contributed by atoms with Crippen molar-refractivity contribution in [2.45, 2.75) is 25.8 Å². The van der Waals surface area contributed by atoms with Gasteiger partial charge >= 0.3 is 6.03 Å². The van der Waals surface area contributed by atoms with Crippen LogP contribution in [0.1, 0.15) is 19.8 Å². The second kappa shape index (κ2) is 7.86. The number of rotatable bonds is 5. The average molecular weight is 423 g/mol. The molecule has 0 bridgehead atoms. The van der Waals surface area contributed by atoms with E-state index in [9.17, 15) is 4.79 Å². The summed E-state index contributed by atoms with van der Waals surface area (Å²) in [6.45, 7) is 3.20. The number of fused-ring (bicyclic) bond motifs is 2. The highest BCUT2D eigenvalue weighted by molar-refractivity contribution is 5.93. The Morgan fingerprint density at radius 3 is 2.84 bits per heavy atom. The number of amides is 2. The van der Waals surface area contributed by atoms with Crippen LogP contribution in [-0.2, 0) is 0 Å². The molecular formula is C21H25N7O3. The van der Waals surface area contributed by atoms with Crippen LogP contribution in [0.4, 0.5) is 27.8 Å². The van der Waals surface area contributed by atoms with E-state index in [1.165, 1.54) is 0 Å². The van der Waals surface area contributed by atoms with Gasteiger partial charge in [-0.2, -0.15) is 9.61 Å². The maximum Gasteiger partial charge on any atom is 0.319 e. The summed E-state index contributed by atoms with van der Waals surface area (Å²) >= 11 is 0. The summed E-state index contributed by atoms with van der Waals surface area (Å²) in [5.74, 6) is 3.31. The zero-order valence-corrected chi connectivity index (χ0v) is 17.4. The summed E-state index contributed by atoms with van der Waals surface area (Å²) in [4.78, 5) is 17.1. The number of aromatic nitrogens is 3. The number of benzene rings is 1. The van der Waals surface area contributed by atoms with Gasteiger partial charge < -0.3 is 30.7 Å². The monoisotopic (exact) mass is 423 g/mol. The highest BCUT2D eigenvalue weighted by atomic mass is 16.6. The minimum absolute atomic E-state index is 0.223. The molecule has 2 aromatic heterocycles. The van der Waals surface area contributed by atoms with E-state index in [1.807, 2.05) is 24.3 Å². The summed E-state index contributed by atoms with van der Waals surface area (Å²) < 4.78 is 13.1. The molecule has 162 valence electrons. The van der Waals surface area contributed by atoms with Crippen molar-refractivity contribution >= 4 is 34.7 Å². The van der Waals surface area contributed by atoms with Crippen molar-refractivity contribution in [1.82, 2.24) is 19.9 Å². The standard InChI is InChI=1S/C21H25N7O3/c1-12-8-13(9-12)24-21(29)26-15-11-23-28-18(22-2)10-17(27-20(15)28)25-14-4-3-5-16-19(14)31-7-6-30-16/h3-5,10-13,22H,6-9H2,1-2H3,(H,25,27)(H2,24,26,29). The molecule has 1 aromatic carbocycles. The maximum absolute atomic E-state index is 12.4. The number of ether oxygens (including phenoxy) is 2. The van der Waals surface area contributed by atoms with Gasteiger partial charge in [0.1, 0.15) is 30.5 Å². The number of hydrogen-bond acceptors (Lipinski definition) is 7. The van der Waals surface area contributed by atoms with Crippen LogP contribution in [0, 0.1) is 5.92 Å². The van der Waals surface area contributed by atoms with Crippen LogP contribution in [0.5, 0.6) is 11.5 Å². The molecule has 0 spiro atoms. The van der Waals surface area contributed by atoms with Crippen molar-refractivity contribution in [3.05, 3.63) is 30.5 Å². The smallest absolute Gasteiger partial charge is 0.319 e. The fourth-order valence-corrected chi connectivity index (χ4v) is 3.97. The van der Waals surface area contributed by atoms with Crippen molar-refractivity contribution in [3.63, 3.8) is 0 Å². The van der Waals surface area contributed by atoms with E-state index >= 15 is 0 Å². The number of carbonyl (C=O) groups excluding carboxylic acids is 1. The van der Waals surface area contributed by atoms with Gasteiger partial charge in [0, 0.05) is 19.2 Å². The van der Waals surface area contributed by atoms with Gasteiger partial charge in [0.25, 0.3) is 0 Å². The first-order valence-electron chi connectivity index (χ1n) is 10.4. The number of urea groups is 1. The average Bonchev–Trinajstić information content (AvgIpc) is 3.15. The Morgan fingerprint density at radius 2 is 2.03 bits per heavy atom. The normalized spacial score (nSPS) is 19.4. The van der Waals surface area contributed by atoms with Gasteiger partial charge in [0.15, 0.2) is 17.1 Å². The van der Waals surface area contributed by atoms with Crippen LogP contribution in [0.15, 0.2) is 30.5 Å². The number of hydrogen-bond donors (Lipinski definition) is 4. The third-order valence-corrected chi connectivity index (χ3v) is 5.51. The van der Waals surface area contributed by atoms with Gasteiger partial charge in [-0.15, -0.1) is 0 Å². The zero-order valence-electron chi connectivity index (χ0n) is 17.4. The molecule has 10 nitrogen and oxygen atoms in total. The van der Waals surface area contributed by atoms with E-state index in [0.29, 0.717) is 47.8 Å². The van der Waals surface area contributed by atoms with E-state index < -0.39 is 0 Å². The van der Waals surface area contributed by atoms with Crippen LogP contribution < -0.4 is 30.7 Å². The summed E-state index contributed by atoms with van der Waals surface area (Å²) in [6, 6.07) is 7.48. The quantitative estimate of drug-likeness (QED) is 0.498. The van der Waals surface area contributed by atoms with Gasteiger partial charge in [-0.3, -0.25) is 0 Å². The number of nitrogens with one attached hydrogen (secondary N) is 4. The molecule has 2 aliphatic rings. The SMILES string of the molecule is CNc1cc(Nc2cccc3c2OCCO3)nc2c(NC(=O)NC3CC(C)C3)cnn12. The van der Waals surface area contributed by atoms with Gasteiger partial charge in [0.2, 0.25) is 0 Å². The molecule has 5 rings (SSSR count). The van der Waals surface area contributed by atoms with Gasteiger partial charge in [-0.25, -0.2) is 9.78 Å². The molecule has 1 aliphatic carbocycles. The Morgan fingerprint density at radius 1 is 1.19 bits per heavy atom. The highest BCUT2D eigenvalue weighted by Crippen LogP contribution is 2.39. The maximum atomic E-state index is 12.4. The minimum atomic E-state index is -0.249. The van der Waals surface area contributed by atoms with Gasteiger partial charge in [-0.1, -0.05) is 13.0 Å². The first-order valence-corrected chi connectivity index (χ1v) is 10.4. The largest absolute Gasteiger partial charge is 0.486 e. The third-order valence-electron chi connectivity index (χ3n) is 5.51. The predicted molar refractivity (Wildman–Crippen MR) is 118 cm³/mol. The molecule has 0 atom stereocenters. The van der Waals surface area contributed by atoms with E-state index in [4.69, 9.17) is 9.47 Å². The second-order valence-corrected chi connectivity index (χ2v) is 7.90. The Labute approximate surface area is 179 Å². The molecule has 1 saturated carbocycles. The van der Waals surface area contributed by atoms with E-state index in [-0.39, 0.29) is 12.1 Å². The number of carbonyl (C=O) groups is 1. The number of nitrogens with zero attached hydrogens (tertiary/aromatic N) is 3. The fourth-order valence-electron chi connectivity index (χ4n) is 3.97. The van der Waals surface area contributed by atoms with Crippen molar-refractivity contribution in [3.8, 4) is 11.5 Å². The highest BCUT2D eigenvalue weighted by Gasteiger charge is 2.27. The Kier molecular flexibility index (Phi) is 4.89. The lowest BCUT2D eigenvalue weighted by molar-refractivity contribution is 0.172. The topological polar surface area (TPSA) is 114 Å². The second-order valence-electron chi connectivity index (χ2n) is 7.90. The lowest BCUT2D eigenvalue weighted by atomic mass is 9.82. The van der Waals surface area contributed by atoms with Crippen LogP contribution in [0.3, 0.4) is 0 Å². The molecule has 3 heterocycles. The van der Waals surface area contributed by atoms with Gasteiger partial charge in [0.05, 0.1) is 11.9 Å². The minimum Gasteiger partial charge on any atom is -0.486 e. The van der Waals surface area contributed by atoms with E-state index in [1.54, 1.807) is 17.8 Å². The lowest BCUT2D eigenvalue weighted by Gasteiger charge is -2.33. The van der Waals surface area contributed by atoms with Crippen molar-refractivity contribution in [2.24, 2.45) is 5.92 Å². The predicted octanol–water partition coefficient (Wildman–Crippen LogP) is 3.21. The first-order chi connectivity index (χ1) is 15.1. The molecular weight excluding hydrogens is 398 g/mol. The summed E-state index contributed by atoms with van der Waals surface area (Å²) in [7, 11) is 1.80. The number of para-hydroxylation sites is 1. The molecule has 1 fully saturated rings. The van der Waals surface area contributed by atoms with Gasteiger partial charge in [-0.05, 0) is 30.9 Å². The van der Waals surface area contributed by atoms with Crippen molar-refractivity contribution < 1.29 is 14.3 Å². The summed E-state index contributed by atoms with van der Waals surface area (Å²) in [5.41, 5.74) is 1.80. The molecule has 0 unspecified atom stereocenters.